The van der Waals surface area contributed by atoms with E-state index in [1.54, 1.807) is 14.0 Å². The van der Waals surface area contributed by atoms with Crippen molar-refractivity contribution in [1.82, 2.24) is 20.7 Å². The van der Waals surface area contributed by atoms with E-state index in [-0.39, 0.29) is 12.5 Å². The average Bonchev–Trinajstić information content (AvgIpc) is 2.93. The Labute approximate surface area is 171 Å². The summed E-state index contributed by atoms with van der Waals surface area (Å²) in [6.07, 6.45) is 3.50. The van der Waals surface area contributed by atoms with Crippen LogP contribution in [0, 0.1) is 5.92 Å². The van der Waals surface area contributed by atoms with Gasteiger partial charge in [0, 0.05) is 0 Å². The molecule has 2 aliphatic heterocycles. The molecule has 29 heavy (non-hydrogen) atoms. The molecule has 4 amide bonds. The topological polar surface area (TPSA) is 91.0 Å². The molecule has 0 bridgehead atoms. The maximum Gasteiger partial charge on any atom is 0.344 e. The van der Waals surface area contributed by atoms with Gasteiger partial charge in [0.1, 0.15) is 11.3 Å². The van der Waals surface area contributed by atoms with Crippen molar-refractivity contribution in [1.29, 1.82) is 0 Å². The molecule has 2 heterocycles. The quantitative estimate of drug-likeness (QED) is 0.678. The SMILES string of the molecule is CCC1(C)NC(=O)N(NC(=O)CN2CCC(Cc3ccc(OC)cc3)CC2)C1=O. The molecule has 1 atom stereocenters. The van der Waals surface area contributed by atoms with Crippen LogP contribution in [0.15, 0.2) is 24.3 Å². The predicted molar refractivity (Wildman–Crippen MR) is 108 cm³/mol. The Bertz CT molecular complexity index is 758. The fraction of sp³-hybridized carbons (Fsp3) is 0.571. The molecule has 2 aliphatic rings. The van der Waals surface area contributed by atoms with Crippen molar-refractivity contribution >= 4 is 17.8 Å². The number of methoxy groups -OCH3 is 1. The number of amides is 4. The van der Waals surface area contributed by atoms with E-state index >= 15 is 0 Å². The van der Waals surface area contributed by atoms with Crippen LogP contribution < -0.4 is 15.5 Å². The van der Waals surface area contributed by atoms with Crippen LogP contribution in [0.4, 0.5) is 4.79 Å². The Balaban J connectivity index is 1.44. The molecular formula is C21H30N4O4. The van der Waals surface area contributed by atoms with Gasteiger partial charge in [0.05, 0.1) is 13.7 Å². The number of rotatable bonds is 7. The minimum Gasteiger partial charge on any atom is -0.497 e. The van der Waals surface area contributed by atoms with Crippen LogP contribution in [-0.2, 0) is 16.0 Å². The van der Waals surface area contributed by atoms with Gasteiger partial charge in [0.15, 0.2) is 0 Å². The molecule has 2 saturated heterocycles. The van der Waals surface area contributed by atoms with E-state index in [9.17, 15) is 14.4 Å². The smallest absolute Gasteiger partial charge is 0.344 e. The maximum absolute atomic E-state index is 12.4. The fourth-order valence-corrected chi connectivity index (χ4v) is 3.83. The number of carbonyl (C=O) groups excluding carboxylic acids is 3. The molecule has 0 spiro atoms. The van der Waals surface area contributed by atoms with E-state index in [4.69, 9.17) is 4.74 Å². The third kappa shape index (κ3) is 4.87. The second kappa shape index (κ2) is 8.82. The van der Waals surface area contributed by atoms with Crippen molar-refractivity contribution in [3.8, 4) is 5.75 Å². The summed E-state index contributed by atoms with van der Waals surface area (Å²) in [6.45, 7) is 5.30. The Kier molecular flexibility index (Phi) is 6.42. The first-order valence-corrected chi connectivity index (χ1v) is 10.2. The first-order valence-electron chi connectivity index (χ1n) is 10.2. The van der Waals surface area contributed by atoms with E-state index in [0.717, 1.165) is 43.1 Å². The number of hydrazine groups is 1. The highest BCUT2D eigenvalue weighted by Gasteiger charge is 2.47. The first kappa shape index (κ1) is 21.1. The normalized spacial score (nSPS) is 23.2. The molecule has 1 aromatic carbocycles. The summed E-state index contributed by atoms with van der Waals surface area (Å²) in [7, 11) is 1.66. The van der Waals surface area contributed by atoms with Gasteiger partial charge < -0.3 is 10.1 Å². The summed E-state index contributed by atoms with van der Waals surface area (Å²) < 4.78 is 5.19. The van der Waals surface area contributed by atoms with Gasteiger partial charge in [-0.05, 0) is 69.3 Å². The zero-order valence-electron chi connectivity index (χ0n) is 17.4. The number of ether oxygens (including phenoxy) is 1. The number of hydrogen-bond acceptors (Lipinski definition) is 5. The summed E-state index contributed by atoms with van der Waals surface area (Å²) in [6, 6.07) is 7.58. The van der Waals surface area contributed by atoms with Crippen molar-refractivity contribution in [2.45, 2.75) is 45.1 Å². The van der Waals surface area contributed by atoms with Crippen LogP contribution in [0.1, 0.15) is 38.7 Å². The van der Waals surface area contributed by atoms with Crippen molar-refractivity contribution in [3.63, 3.8) is 0 Å². The van der Waals surface area contributed by atoms with Crippen LogP contribution in [-0.4, -0.2) is 60.0 Å². The number of nitrogens with one attached hydrogen (secondary N) is 2. The van der Waals surface area contributed by atoms with Crippen molar-refractivity contribution in [2.24, 2.45) is 5.92 Å². The summed E-state index contributed by atoms with van der Waals surface area (Å²) >= 11 is 0. The lowest BCUT2D eigenvalue weighted by Crippen LogP contribution is -2.51. The van der Waals surface area contributed by atoms with E-state index in [1.165, 1.54) is 5.56 Å². The Morgan fingerprint density at radius 1 is 1.24 bits per heavy atom. The standard InChI is InChI=1S/C21H30N4O4/c1-4-21(2)19(27)25(20(28)22-21)23-18(26)14-24-11-9-16(10-12-24)13-15-5-7-17(29-3)8-6-15/h5-8,16H,4,9-14H2,1-3H3,(H,22,28)(H,23,26). The monoisotopic (exact) mass is 402 g/mol. The molecule has 0 aliphatic carbocycles. The highest BCUT2D eigenvalue weighted by Crippen LogP contribution is 2.23. The van der Waals surface area contributed by atoms with Gasteiger partial charge in [-0.1, -0.05) is 19.1 Å². The summed E-state index contributed by atoms with van der Waals surface area (Å²) in [5, 5.41) is 3.43. The van der Waals surface area contributed by atoms with E-state index in [0.29, 0.717) is 12.3 Å². The minimum absolute atomic E-state index is 0.176. The largest absolute Gasteiger partial charge is 0.497 e. The fourth-order valence-electron chi connectivity index (χ4n) is 3.83. The molecule has 1 unspecified atom stereocenters. The second-order valence-electron chi connectivity index (χ2n) is 8.06. The van der Waals surface area contributed by atoms with Crippen LogP contribution in [0.2, 0.25) is 0 Å². The number of hydrogen-bond donors (Lipinski definition) is 2. The van der Waals surface area contributed by atoms with Gasteiger partial charge in [-0.2, -0.15) is 5.01 Å². The van der Waals surface area contributed by atoms with E-state index in [2.05, 4.69) is 27.8 Å². The molecule has 0 aromatic heterocycles. The Hall–Kier alpha value is -2.61. The van der Waals surface area contributed by atoms with Gasteiger partial charge >= 0.3 is 6.03 Å². The first-order chi connectivity index (χ1) is 13.8. The summed E-state index contributed by atoms with van der Waals surface area (Å²) in [4.78, 5) is 38.8. The number of benzene rings is 1. The molecule has 0 saturated carbocycles. The lowest BCUT2D eigenvalue weighted by Gasteiger charge is -2.31. The van der Waals surface area contributed by atoms with Crippen LogP contribution in [0.25, 0.3) is 0 Å². The summed E-state index contributed by atoms with van der Waals surface area (Å²) in [5.74, 6) is 0.678. The molecule has 8 nitrogen and oxygen atoms in total. The second-order valence-corrected chi connectivity index (χ2v) is 8.06. The molecule has 2 fully saturated rings. The molecule has 2 N–H and O–H groups in total. The van der Waals surface area contributed by atoms with Crippen LogP contribution in [0.3, 0.4) is 0 Å². The average molecular weight is 402 g/mol. The number of imide groups is 1. The number of carbonyl (C=O) groups is 3. The highest BCUT2D eigenvalue weighted by atomic mass is 16.5. The van der Waals surface area contributed by atoms with E-state index in [1.807, 2.05) is 19.1 Å². The third-order valence-corrected chi connectivity index (χ3v) is 5.96. The molecule has 0 radical (unpaired) electrons. The Morgan fingerprint density at radius 2 is 1.90 bits per heavy atom. The number of urea groups is 1. The third-order valence-electron chi connectivity index (χ3n) is 5.96. The zero-order chi connectivity index (χ0) is 21.0. The highest BCUT2D eigenvalue weighted by molar-refractivity contribution is 6.07. The predicted octanol–water partition coefficient (Wildman–Crippen LogP) is 1.70. The van der Waals surface area contributed by atoms with Gasteiger partial charge in [0.2, 0.25) is 0 Å². The van der Waals surface area contributed by atoms with Gasteiger partial charge in [-0.15, -0.1) is 0 Å². The summed E-state index contributed by atoms with van der Waals surface area (Å²) in [5.41, 5.74) is 2.79. The number of likely N-dealkylation sites (tertiary alicyclic amines) is 1. The van der Waals surface area contributed by atoms with Gasteiger partial charge in [0.25, 0.3) is 11.8 Å². The lowest BCUT2D eigenvalue weighted by molar-refractivity contribution is -0.139. The van der Waals surface area contributed by atoms with E-state index < -0.39 is 17.5 Å². The minimum atomic E-state index is -0.954. The van der Waals surface area contributed by atoms with Gasteiger partial charge in [-0.3, -0.25) is 19.9 Å². The van der Waals surface area contributed by atoms with Gasteiger partial charge in [-0.25, -0.2) is 4.79 Å². The molecule has 1 aromatic rings. The number of nitrogens with zero attached hydrogens (tertiary/aromatic N) is 2. The van der Waals surface area contributed by atoms with Crippen molar-refractivity contribution in [2.75, 3.05) is 26.7 Å². The molecule has 3 rings (SSSR count). The number of piperidine rings is 1. The van der Waals surface area contributed by atoms with Crippen LogP contribution >= 0.6 is 0 Å². The van der Waals surface area contributed by atoms with Crippen molar-refractivity contribution < 1.29 is 19.1 Å². The lowest BCUT2D eigenvalue weighted by atomic mass is 9.90. The molecular weight excluding hydrogens is 372 g/mol. The molecule has 8 heteroatoms. The molecule has 158 valence electrons. The maximum atomic E-state index is 12.4. The van der Waals surface area contributed by atoms with Crippen molar-refractivity contribution in [3.05, 3.63) is 29.8 Å². The Morgan fingerprint density at radius 3 is 2.45 bits per heavy atom. The van der Waals surface area contributed by atoms with Crippen LogP contribution in [0.5, 0.6) is 5.75 Å². The zero-order valence-corrected chi connectivity index (χ0v) is 17.4.